The van der Waals surface area contributed by atoms with Gasteiger partial charge in [0.15, 0.2) is 5.69 Å². The van der Waals surface area contributed by atoms with Crippen LogP contribution in [-0.2, 0) is 20.8 Å². The molecule has 0 saturated carbocycles. The molecule has 0 saturated heterocycles. The second kappa shape index (κ2) is 10.5. The van der Waals surface area contributed by atoms with E-state index in [-0.39, 0.29) is 11.3 Å². The Balaban J connectivity index is 2.13. The molecule has 7 heteroatoms. The van der Waals surface area contributed by atoms with Gasteiger partial charge in [-0.15, -0.1) is 0 Å². The van der Waals surface area contributed by atoms with Gasteiger partial charge in [-0.05, 0) is 30.2 Å². The highest BCUT2D eigenvalue weighted by Crippen LogP contribution is 2.29. The average Bonchev–Trinajstić information content (AvgIpc) is 3.22. The third-order valence-corrected chi connectivity index (χ3v) is 4.77. The molecule has 0 amide bonds. The normalized spacial score (nSPS) is 10.7. The molecular formula is C24H26N2O5. The number of rotatable bonds is 9. The number of benzene rings is 2. The number of hydrogen-bond donors (Lipinski definition) is 0. The van der Waals surface area contributed by atoms with Gasteiger partial charge in [0, 0.05) is 12.2 Å². The smallest absolute Gasteiger partial charge is 0.357 e. The summed E-state index contributed by atoms with van der Waals surface area (Å²) in [6.45, 7) is 3.24. The highest BCUT2D eigenvalue weighted by Gasteiger charge is 2.31. The van der Waals surface area contributed by atoms with Crippen molar-refractivity contribution in [3.05, 3.63) is 71.4 Å². The van der Waals surface area contributed by atoms with Crippen LogP contribution in [0.2, 0.25) is 0 Å². The third kappa shape index (κ3) is 5.00. The van der Waals surface area contributed by atoms with Gasteiger partial charge in [-0.2, -0.15) is 5.10 Å². The number of aromatic nitrogens is 2. The fraction of sp³-hybridized carbons (Fsp3) is 0.292. The number of hydrogen-bond acceptors (Lipinski definition) is 6. The highest BCUT2D eigenvalue weighted by atomic mass is 16.5. The molecule has 0 spiro atoms. The molecule has 0 unspecified atom stereocenters. The van der Waals surface area contributed by atoms with E-state index < -0.39 is 11.9 Å². The Hall–Kier alpha value is -3.45. The molecular weight excluding hydrogens is 396 g/mol. The quantitative estimate of drug-likeness (QED) is 0.375. The lowest BCUT2D eigenvalue weighted by Crippen LogP contribution is -2.15. The van der Waals surface area contributed by atoms with Crippen molar-refractivity contribution in [2.45, 2.75) is 26.4 Å². The molecule has 2 aromatic carbocycles. The molecule has 0 bridgehead atoms. The fourth-order valence-electron chi connectivity index (χ4n) is 3.20. The molecule has 0 aliphatic rings. The van der Waals surface area contributed by atoms with Crippen LogP contribution in [0.1, 0.15) is 46.2 Å². The van der Waals surface area contributed by atoms with Crippen LogP contribution in [0, 0.1) is 0 Å². The molecule has 7 nitrogen and oxygen atoms in total. The van der Waals surface area contributed by atoms with Gasteiger partial charge >= 0.3 is 11.9 Å². The number of carbonyl (C=O) groups is 2. The molecule has 3 aromatic rings. The minimum absolute atomic E-state index is 0.0140. The van der Waals surface area contributed by atoms with Gasteiger partial charge in [0.05, 0.1) is 26.5 Å². The first-order chi connectivity index (χ1) is 15.1. The first-order valence-corrected chi connectivity index (χ1v) is 10.1. The zero-order chi connectivity index (χ0) is 22.2. The monoisotopic (exact) mass is 422 g/mol. The van der Waals surface area contributed by atoms with Crippen LogP contribution in [0.4, 0.5) is 0 Å². The van der Waals surface area contributed by atoms with Crippen LogP contribution in [0.5, 0.6) is 0 Å². The Morgan fingerprint density at radius 3 is 2.39 bits per heavy atom. The van der Waals surface area contributed by atoms with Crippen LogP contribution in [-0.4, -0.2) is 42.5 Å². The van der Waals surface area contributed by atoms with Crippen LogP contribution < -0.4 is 0 Å². The molecule has 0 radical (unpaired) electrons. The number of para-hydroxylation sites is 1. The van der Waals surface area contributed by atoms with Crippen molar-refractivity contribution in [3.8, 4) is 16.9 Å². The van der Waals surface area contributed by atoms with Gasteiger partial charge < -0.3 is 14.2 Å². The lowest BCUT2D eigenvalue weighted by atomic mass is 10.0. The van der Waals surface area contributed by atoms with Crippen molar-refractivity contribution in [2.24, 2.45) is 0 Å². The van der Waals surface area contributed by atoms with E-state index in [1.54, 1.807) is 12.1 Å². The Morgan fingerprint density at radius 2 is 1.71 bits per heavy atom. The summed E-state index contributed by atoms with van der Waals surface area (Å²) in [5.41, 5.74) is 2.65. The van der Waals surface area contributed by atoms with Crippen LogP contribution >= 0.6 is 0 Å². The predicted molar refractivity (Wildman–Crippen MR) is 116 cm³/mol. The molecule has 0 aliphatic heterocycles. The van der Waals surface area contributed by atoms with Crippen molar-refractivity contribution in [1.29, 1.82) is 0 Å². The number of unbranched alkanes of at least 4 members (excludes halogenated alkanes) is 1. The topological polar surface area (TPSA) is 79.7 Å². The SMILES string of the molecule is CCCCOCc1cccc(-c2nn(-c3ccccc3)c(C(=O)OC)c2C(=O)OC)c1. The molecule has 31 heavy (non-hydrogen) atoms. The summed E-state index contributed by atoms with van der Waals surface area (Å²) in [5, 5.41) is 4.61. The van der Waals surface area contributed by atoms with Crippen molar-refractivity contribution in [3.63, 3.8) is 0 Å². The summed E-state index contributed by atoms with van der Waals surface area (Å²) < 4.78 is 17.1. The molecule has 3 rings (SSSR count). The lowest BCUT2D eigenvalue weighted by molar-refractivity contribution is 0.0549. The minimum atomic E-state index is -0.679. The molecule has 1 heterocycles. The maximum Gasteiger partial charge on any atom is 0.357 e. The summed E-state index contributed by atoms with van der Waals surface area (Å²) >= 11 is 0. The van der Waals surface area contributed by atoms with Gasteiger partial charge in [0.2, 0.25) is 0 Å². The summed E-state index contributed by atoms with van der Waals surface area (Å²) in [5.74, 6) is -1.34. The minimum Gasteiger partial charge on any atom is -0.465 e. The van der Waals surface area contributed by atoms with Crippen LogP contribution in [0.3, 0.4) is 0 Å². The maximum atomic E-state index is 12.7. The van der Waals surface area contributed by atoms with E-state index in [1.807, 2.05) is 42.5 Å². The summed E-state index contributed by atoms with van der Waals surface area (Å²) in [6, 6.07) is 16.6. The molecule has 0 atom stereocenters. The van der Waals surface area contributed by atoms with E-state index in [0.29, 0.717) is 30.2 Å². The molecule has 0 fully saturated rings. The lowest BCUT2D eigenvalue weighted by Gasteiger charge is -2.07. The number of ether oxygens (including phenoxy) is 3. The van der Waals surface area contributed by atoms with Crippen molar-refractivity contribution in [1.82, 2.24) is 9.78 Å². The number of carbonyl (C=O) groups excluding carboxylic acids is 2. The number of methoxy groups -OCH3 is 2. The fourth-order valence-corrected chi connectivity index (χ4v) is 3.20. The van der Waals surface area contributed by atoms with Gasteiger partial charge in [-0.1, -0.05) is 49.7 Å². The first-order valence-electron chi connectivity index (χ1n) is 10.1. The standard InChI is InChI=1S/C24H26N2O5/c1-4-5-14-31-16-17-10-9-11-18(15-17)21-20(23(27)29-2)22(24(28)30-3)26(25-21)19-12-7-6-8-13-19/h6-13,15H,4-5,14,16H2,1-3H3. The zero-order valence-electron chi connectivity index (χ0n) is 18.0. The van der Waals surface area contributed by atoms with Crippen LogP contribution in [0.25, 0.3) is 16.9 Å². The predicted octanol–water partition coefficient (Wildman–Crippen LogP) is 4.43. The maximum absolute atomic E-state index is 12.7. The van der Waals surface area contributed by atoms with Crippen LogP contribution in [0.15, 0.2) is 54.6 Å². The average molecular weight is 422 g/mol. The molecule has 0 aliphatic carbocycles. The van der Waals surface area contributed by atoms with Gasteiger partial charge in [-0.3, -0.25) is 0 Å². The summed E-state index contributed by atoms with van der Waals surface area (Å²) in [6.07, 6.45) is 2.06. The zero-order valence-corrected chi connectivity index (χ0v) is 18.0. The van der Waals surface area contributed by atoms with Gasteiger partial charge in [-0.25, -0.2) is 14.3 Å². The Kier molecular flexibility index (Phi) is 7.56. The Bertz CT molecular complexity index is 1040. The van der Waals surface area contributed by atoms with E-state index in [4.69, 9.17) is 14.2 Å². The third-order valence-electron chi connectivity index (χ3n) is 4.77. The molecule has 162 valence electrons. The van der Waals surface area contributed by atoms with E-state index in [9.17, 15) is 9.59 Å². The van der Waals surface area contributed by atoms with Gasteiger partial charge in [0.25, 0.3) is 0 Å². The van der Waals surface area contributed by atoms with E-state index in [2.05, 4.69) is 12.0 Å². The van der Waals surface area contributed by atoms with Crippen molar-refractivity contribution in [2.75, 3.05) is 20.8 Å². The second-order valence-corrected chi connectivity index (χ2v) is 6.91. The highest BCUT2D eigenvalue weighted by molar-refractivity contribution is 6.06. The van der Waals surface area contributed by atoms with Crippen molar-refractivity contribution < 1.29 is 23.8 Å². The summed E-state index contributed by atoms with van der Waals surface area (Å²) in [4.78, 5) is 25.4. The Labute approximate surface area is 181 Å². The van der Waals surface area contributed by atoms with Gasteiger partial charge in [0.1, 0.15) is 11.3 Å². The summed E-state index contributed by atoms with van der Waals surface area (Å²) in [7, 11) is 2.53. The molecule has 0 N–H and O–H groups in total. The second-order valence-electron chi connectivity index (χ2n) is 6.91. The first kappa shape index (κ1) is 22.2. The number of esters is 2. The molecule has 1 aromatic heterocycles. The van der Waals surface area contributed by atoms with E-state index in [1.165, 1.54) is 18.9 Å². The largest absolute Gasteiger partial charge is 0.465 e. The van der Waals surface area contributed by atoms with Crippen molar-refractivity contribution >= 4 is 11.9 Å². The van der Waals surface area contributed by atoms with E-state index in [0.717, 1.165) is 18.4 Å². The number of nitrogens with zero attached hydrogens (tertiary/aromatic N) is 2. The van der Waals surface area contributed by atoms with E-state index >= 15 is 0 Å². The Morgan fingerprint density at radius 1 is 0.968 bits per heavy atom.